The molecular weight excluding hydrogens is 366 g/mol. The van der Waals surface area contributed by atoms with Crippen LogP contribution in [0, 0.1) is 6.92 Å². The van der Waals surface area contributed by atoms with Crippen molar-refractivity contribution in [2.45, 2.75) is 31.8 Å². The van der Waals surface area contributed by atoms with Gasteiger partial charge in [0, 0.05) is 24.8 Å². The van der Waals surface area contributed by atoms with Crippen LogP contribution in [0.25, 0.3) is 11.4 Å². The predicted molar refractivity (Wildman–Crippen MR) is 107 cm³/mol. The number of H-pyrrole nitrogens is 1. The second-order valence-corrected chi connectivity index (χ2v) is 7.70. The lowest BCUT2D eigenvalue weighted by Crippen LogP contribution is -2.49. The molecule has 1 N–H and O–H groups in total. The average molecular weight is 389 g/mol. The summed E-state index contributed by atoms with van der Waals surface area (Å²) >= 11 is 0. The fourth-order valence-corrected chi connectivity index (χ4v) is 4.29. The number of likely N-dealkylation sites (tertiary alicyclic amines) is 1. The fourth-order valence-electron chi connectivity index (χ4n) is 4.29. The summed E-state index contributed by atoms with van der Waals surface area (Å²) in [5, 5.41) is 0. The Balaban J connectivity index is 1.41. The van der Waals surface area contributed by atoms with Gasteiger partial charge in [0.25, 0.3) is 5.91 Å². The first kappa shape index (κ1) is 18.0. The second-order valence-electron chi connectivity index (χ2n) is 7.70. The van der Waals surface area contributed by atoms with Crippen molar-refractivity contribution < 1.29 is 9.53 Å². The Morgan fingerprint density at radius 2 is 1.93 bits per heavy atom. The van der Waals surface area contributed by atoms with E-state index in [0.29, 0.717) is 25.4 Å². The van der Waals surface area contributed by atoms with E-state index in [-0.39, 0.29) is 5.91 Å². The normalized spacial score (nSPS) is 17.9. The maximum Gasteiger partial charge on any atom is 0.271 e. The third kappa shape index (κ3) is 3.21. The van der Waals surface area contributed by atoms with E-state index in [2.05, 4.69) is 15.0 Å². The highest BCUT2D eigenvalue weighted by atomic mass is 16.5. The molecule has 7 nitrogen and oxygen atoms in total. The number of aryl methyl sites for hydroxylation is 1. The molecule has 0 bridgehead atoms. The van der Waals surface area contributed by atoms with Crippen LogP contribution in [0.4, 0.5) is 0 Å². The van der Waals surface area contributed by atoms with Gasteiger partial charge in [-0.2, -0.15) is 0 Å². The van der Waals surface area contributed by atoms with Crippen molar-refractivity contribution in [1.29, 1.82) is 0 Å². The summed E-state index contributed by atoms with van der Waals surface area (Å²) in [6, 6.07) is 10.0. The van der Waals surface area contributed by atoms with Gasteiger partial charge in [0.15, 0.2) is 5.82 Å². The molecule has 1 fully saturated rings. The number of hydrogen-bond acceptors (Lipinski definition) is 5. The lowest BCUT2D eigenvalue weighted by Gasteiger charge is -2.44. The number of benzene rings is 1. The number of amides is 1. The molecule has 2 aromatic heterocycles. The van der Waals surface area contributed by atoms with E-state index in [0.717, 1.165) is 47.7 Å². The van der Waals surface area contributed by atoms with Crippen molar-refractivity contribution in [3.8, 4) is 11.4 Å². The molecule has 3 aromatic rings. The molecule has 29 heavy (non-hydrogen) atoms. The molecule has 148 valence electrons. The molecule has 0 aliphatic carbocycles. The van der Waals surface area contributed by atoms with Crippen LogP contribution < -0.4 is 0 Å². The number of fused-ring (bicyclic) bond motifs is 2. The first-order valence-electron chi connectivity index (χ1n) is 10.0. The molecule has 5 rings (SSSR count). The number of piperidine rings is 1. The average Bonchev–Trinajstić information content (AvgIpc) is 3.21. The maximum absolute atomic E-state index is 12.8. The summed E-state index contributed by atoms with van der Waals surface area (Å²) in [6.07, 6.45) is 5.82. The Bertz CT molecular complexity index is 1040. The summed E-state index contributed by atoms with van der Waals surface area (Å²) in [5.41, 5.74) is 3.23. The Morgan fingerprint density at radius 1 is 1.14 bits per heavy atom. The van der Waals surface area contributed by atoms with Crippen molar-refractivity contribution in [2.24, 2.45) is 0 Å². The molecule has 0 radical (unpaired) electrons. The van der Waals surface area contributed by atoms with Crippen LogP contribution in [0.5, 0.6) is 0 Å². The van der Waals surface area contributed by atoms with Crippen LogP contribution in [0.15, 0.2) is 42.7 Å². The SMILES string of the molecule is Cc1ncc(C(=O)N2CCC3(CC2)OCCc2cnc(-c4ccccc4)nc23)[nH]1. The number of rotatable bonds is 2. The summed E-state index contributed by atoms with van der Waals surface area (Å²) in [6.45, 7) is 3.76. The van der Waals surface area contributed by atoms with E-state index in [1.54, 1.807) is 6.20 Å². The molecule has 2 aliphatic heterocycles. The summed E-state index contributed by atoms with van der Waals surface area (Å²) < 4.78 is 6.31. The zero-order valence-corrected chi connectivity index (χ0v) is 16.4. The minimum atomic E-state index is -0.444. The van der Waals surface area contributed by atoms with Crippen LogP contribution in [-0.4, -0.2) is 50.4 Å². The molecule has 4 heterocycles. The smallest absolute Gasteiger partial charge is 0.271 e. The lowest BCUT2D eigenvalue weighted by molar-refractivity contribution is -0.0967. The quantitative estimate of drug-likeness (QED) is 0.729. The highest BCUT2D eigenvalue weighted by Crippen LogP contribution is 2.41. The molecule has 1 saturated heterocycles. The minimum Gasteiger partial charge on any atom is -0.368 e. The van der Waals surface area contributed by atoms with Crippen LogP contribution in [0.1, 0.15) is 40.4 Å². The van der Waals surface area contributed by atoms with Crippen molar-refractivity contribution in [1.82, 2.24) is 24.8 Å². The predicted octanol–water partition coefficient (Wildman–Crippen LogP) is 2.88. The van der Waals surface area contributed by atoms with E-state index in [1.807, 2.05) is 48.4 Å². The van der Waals surface area contributed by atoms with Crippen molar-refractivity contribution in [3.63, 3.8) is 0 Å². The number of imidazole rings is 1. The summed E-state index contributed by atoms with van der Waals surface area (Å²) in [4.78, 5) is 31.3. The largest absolute Gasteiger partial charge is 0.368 e. The van der Waals surface area contributed by atoms with E-state index in [4.69, 9.17) is 9.72 Å². The van der Waals surface area contributed by atoms with E-state index in [1.165, 1.54) is 0 Å². The van der Waals surface area contributed by atoms with Crippen molar-refractivity contribution >= 4 is 5.91 Å². The summed E-state index contributed by atoms with van der Waals surface area (Å²) in [5.74, 6) is 1.46. The minimum absolute atomic E-state index is 0.0101. The van der Waals surface area contributed by atoms with Crippen LogP contribution >= 0.6 is 0 Å². The van der Waals surface area contributed by atoms with E-state index in [9.17, 15) is 4.79 Å². The monoisotopic (exact) mass is 389 g/mol. The molecule has 0 unspecified atom stereocenters. The van der Waals surface area contributed by atoms with Crippen molar-refractivity contribution in [3.05, 3.63) is 65.5 Å². The molecule has 1 aromatic carbocycles. The molecule has 1 spiro atoms. The number of carbonyl (C=O) groups is 1. The van der Waals surface area contributed by atoms with Gasteiger partial charge in [-0.25, -0.2) is 15.0 Å². The van der Waals surface area contributed by atoms with Crippen molar-refractivity contribution in [2.75, 3.05) is 19.7 Å². The number of nitrogens with zero attached hydrogens (tertiary/aromatic N) is 4. The van der Waals surface area contributed by atoms with Gasteiger partial charge in [0.05, 0.1) is 18.5 Å². The van der Waals surface area contributed by atoms with Crippen LogP contribution in [-0.2, 0) is 16.8 Å². The number of carbonyl (C=O) groups excluding carboxylic acids is 1. The standard InChI is InChI=1S/C22H23N5O2/c1-15-23-14-18(25-15)21(28)27-10-8-22(9-11-27)19-17(7-12-29-22)13-24-20(26-19)16-5-3-2-4-6-16/h2-6,13-14H,7-12H2,1H3,(H,23,25). The first-order valence-corrected chi connectivity index (χ1v) is 10.0. The van der Waals surface area contributed by atoms with Crippen LogP contribution in [0.2, 0.25) is 0 Å². The van der Waals surface area contributed by atoms with Gasteiger partial charge in [-0.15, -0.1) is 0 Å². The van der Waals surface area contributed by atoms with Crippen LogP contribution in [0.3, 0.4) is 0 Å². The number of ether oxygens (including phenoxy) is 1. The topological polar surface area (TPSA) is 84.0 Å². The second kappa shape index (κ2) is 7.08. The Morgan fingerprint density at radius 3 is 2.66 bits per heavy atom. The van der Waals surface area contributed by atoms with Gasteiger partial charge in [0.1, 0.15) is 17.1 Å². The van der Waals surface area contributed by atoms with E-state index >= 15 is 0 Å². The number of nitrogens with one attached hydrogen (secondary N) is 1. The van der Waals surface area contributed by atoms with E-state index < -0.39 is 5.60 Å². The molecule has 7 heteroatoms. The molecule has 1 amide bonds. The number of hydrogen-bond donors (Lipinski definition) is 1. The van der Waals surface area contributed by atoms with Gasteiger partial charge >= 0.3 is 0 Å². The summed E-state index contributed by atoms with van der Waals surface area (Å²) in [7, 11) is 0. The number of aromatic nitrogens is 4. The van der Waals surface area contributed by atoms with Gasteiger partial charge in [-0.3, -0.25) is 4.79 Å². The zero-order chi connectivity index (χ0) is 19.8. The zero-order valence-electron chi connectivity index (χ0n) is 16.4. The molecule has 0 atom stereocenters. The third-order valence-electron chi connectivity index (χ3n) is 5.87. The van der Waals surface area contributed by atoms with Gasteiger partial charge in [-0.05, 0) is 31.7 Å². The molecule has 2 aliphatic rings. The highest BCUT2D eigenvalue weighted by molar-refractivity contribution is 5.92. The Labute approximate surface area is 169 Å². The highest BCUT2D eigenvalue weighted by Gasteiger charge is 2.43. The van der Waals surface area contributed by atoms with Gasteiger partial charge < -0.3 is 14.6 Å². The molecule has 0 saturated carbocycles. The Hall–Kier alpha value is -3.06. The lowest BCUT2D eigenvalue weighted by atomic mass is 9.83. The fraction of sp³-hybridized carbons (Fsp3) is 0.364. The first-order chi connectivity index (χ1) is 14.1. The maximum atomic E-state index is 12.8. The number of aromatic amines is 1. The Kier molecular flexibility index (Phi) is 4.39. The molecular formula is C22H23N5O2. The third-order valence-corrected chi connectivity index (χ3v) is 5.87. The van der Waals surface area contributed by atoms with Gasteiger partial charge in [0.2, 0.25) is 0 Å². The van der Waals surface area contributed by atoms with Gasteiger partial charge in [-0.1, -0.05) is 30.3 Å².